The molecule has 8 heteroatoms. The van der Waals surface area contributed by atoms with Crippen LogP contribution in [0.1, 0.15) is 19.8 Å². The van der Waals surface area contributed by atoms with Crippen molar-refractivity contribution < 1.29 is 48.1 Å². The summed E-state index contributed by atoms with van der Waals surface area (Å²) in [6.07, 6.45) is 1.97. The number of benzene rings is 1. The molecule has 4 nitrogen and oxygen atoms in total. The Morgan fingerprint density at radius 3 is 2.33 bits per heavy atom. The molecule has 0 aliphatic rings. The molecule has 116 valence electrons. The van der Waals surface area contributed by atoms with E-state index in [1.54, 1.807) is 0 Å². The molecule has 0 saturated heterocycles. The van der Waals surface area contributed by atoms with E-state index >= 15 is 0 Å². The summed E-state index contributed by atoms with van der Waals surface area (Å²) in [5, 5.41) is 4.78. The molecule has 0 bridgehead atoms. The summed E-state index contributed by atoms with van der Waals surface area (Å²) in [7, 11) is -4.25. The van der Waals surface area contributed by atoms with Crippen molar-refractivity contribution in [1.29, 1.82) is 0 Å². The summed E-state index contributed by atoms with van der Waals surface area (Å²) in [5.74, 6) is 0. The van der Waals surface area contributed by atoms with Gasteiger partial charge in [-0.05, 0) is 0 Å². The normalized spacial score (nSPS) is 11.1. The standard InChI is InChI=1S/C13H20O4SSe2.Na.H/c14-18(15,16)17-8-4-9-19-10-5-11-20-12-13-6-2-1-3-7-13;;/h1-3,6-7H,4-5,8-12H2,(H,14,15,16);;/q;+1;-1. The molecule has 1 rings (SSSR count). The third-order valence-corrected chi connectivity index (χ3v) is 7.58. The summed E-state index contributed by atoms with van der Waals surface area (Å²) in [4.78, 5) is 0. The predicted octanol–water partition coefficient (Wildman–Crippen LogP) is -0.434. The molecular formula is C13H21NaO4SSe2. The summed E-state index contributed by atoms with van der Waals surface area (Å²) < 4.78 is 33.2. The van der Waals surface area contributed by atoms with Gasteiger partial charge in [0.05, 0.1) is 0 Å². The van der Waals surface area contributed by atoms with Crippen molar-refractivity contribution in [2.75, 3.05) is 6.61 Å². The molecule has 0 fully saturated rings. The quantitative estimate of drug-likeness (QED) is 0.280. The molecule has 0 saturated carbocycles. The predicted molar refractivity (Wildman–Crippen MR) is 83.9 cm³/mol. The smallest absolute Gasteiger partial charge is 1.00 e. The molecule has 1 aromatic rings. The zero-order valence-electron chi connectivity index (χ0n) is 13.2. The average Bonchev–Trinajstić information content (AvgIpc) is 2.41. The van der Waals surface area contributed by atoms with Crippen molar-refractivity contribution >= 4 is 40.3 Å². The Morgan fingerprint density at radius 1 is 1.05 bits per heavy atom. The number of hydrogen-bond donors (Lipinski definition) is 1. The van der Waals surface area contributed by atoms with E-state index in [0.717, 1.165) is 5.32 Å². The van der Waals surface area contributed by atoms with E-state index in [0.29, 0.717) is 36.3 Å². The van der Waals surface area contributed by atoms with Crippen LogP contribution in [-0.4, -0.2) is 49.5 Å². The van der Waals surface area contributed by atoms with Crippen LogP contribution in [0.2, 0.25) is 16.0 Å². The zero-order valence-corrected chi connectivity index (χ0v) is 18.5. The molecule has 0 spiro atoms. The van der Waals surface area contributed by atoms with Gasteiger partial charge in [-0.15, -0.1) is 0 Å². The first-order valence-corrected chi connectivity index (χ1v) is 12.6. The molecule has 0 unspecified atom stereocenters. The van der Waals surface area contributed by atoms with Crippen molar-refractivity contribution in [3.63, 3.8) is 0 Å². The van der Waals surface area contributed by atoms with Gasteiger partial charge >= 0.3 is 164 Å². The monoisotopic (exact) mass is 456 g/mol. The maximum atomic E-state index is 10.3. The van der Waals surface area contributed by atoms with Crippen LogP contribution in [0.4, 0.5) is 0 Å². The minimum absolute atomic E-state index is 0. The third-order valence-electron chi connectivity index (χ3n) is 2.35. The zero-order chi connectivity index (χ0) is 14.7. The molecule has 0 radical (unpaired) electrons. The number of rotatable bonds is 11. The molecule has 0 atom stereocenters. The Bertz CT molecular complexity index is 462. The van der Waals surface area contributed by atoms with Crippen molar-refractivity contribution in [2.45, 2.75) is 34.1 Å². The van der Waals surface area contributed by atoms with E-state index < -0.39 is 10.4 Å². The van der Waals surface area contributed by atoms with Gasteiger partial charge in [-0.3, -0.25) is 0 Å². The molecule has 0 amide bonds. The fraction of sp³-hybridized carbons (Fsp3) is 0.538. The fourth-order valence-electron chi connectivity index (χ4n) is 1.45. The second-order valence-electron chi connectivity index (χ2n) is 4.11. The van der Waals surface area contributed by atoms with Crippen molar-refractivity contribution in [2.24, 2.45) is 0 Å². The molecule has 21 heavy (non-hydrogen) atoms. The van der Waals surface area contributed by atoms with E-state index in [4.69, 9.17) is 4.55 Å². The maximum absolute atomic E-state index is 10.3. The second kappa shape index (κ2) is 13.6. The summed E-state index contributed by atoms with van der Waals surface area (Å²) in [5.41, 5.74) is 1.43. The Balaban J connectivity index is 0. The Morgan fingerprint density at radius 2 is 1.67 bits per heavy atom. The first kappa shape index (κ1) is 22.1. The molecule has 1 aromatic carbocycles. The van der Waals surface area contributed by atoms with E-state index in [1.165, 1.54) is 27.9 Å². The summed E-state index contributed by atoms with van der Waals surface area (Å²) >= 11 is 1.25. The van der Waals surface area contributed by atoms with Gasteiger partial charge in [-0.1, -0.05) is 0 Å². The van der Waals surface area contributed by atoms with Gasteiger partial charge in [0.15, 0.2) is 0 Å². The molecule has 0 aromatic heterocycles. The summed E-state index contributed by atoms with van der Waals surface area (Å²) in [6, 6.07) is 10.6. The first-order valence-electron chi connectivity index (χ1n) is 6.39. The molecule has 1 N–H and O–H groups in total. The van der Waals surface area contributed by atoms with Gasteiger partial charge < -0.3 is 1.43 Å². The minimum Gasteiger partial charge on any atom is -1.00 e. The van der Waals surface area contributed by atoms with Gasteiger partial charge in [0, 0.05) is 0 Å². The minimum atomic E-state index is -4.25. The van der Waals surface area contributed by atoms with Crippen LogP contribution in [0.5, 0.6) is 0 Å². The molecule has 0 aliphatic heterocycles. The topological polar surface area (TPSA) is 63.6 Å². The van der Waals surface area contributed by atoms with E-state index in [1.807, 2.05) is 6.07 Å². The Labute approximate surface area is 163 Å². The largest absolute Gasteiger partial charge is 1.00 e. The van der Waals surface area contributed by atoms with Gasteiger partial charge in [0.25, 0.3) is 0 Å². The SMILES string of the molecule is O=S(=O)(O)OCCC[Se]CCC[Se]Cc1ccccc1.[H-].[Na+]. The van der Waals surface area contributed by atoms with Gasteiger partial charge in [-0.25, -0.2) is 0 Å². The van der Waals surface area contributed by atoms with Crippen LogP contribution in [0, 0.1) is 0 Å². The second-order valence-corrected chi connectivity index (χ2v) is 10.1. The van der Waals surface area contributed by atoms with Crippen LogP contribution in [0.3, 0.4) is 0 Å². The van der Waals surface area contributed by atoms with E-state index in [-0.39, 0.29) is 37.6 Å². The average molecular weight is 454 g/mol. The Kier molecular flexibility index (Phi) is 14.3. The number of hydrogen-bond acceptors (Lipinski definition) is 3. The maximum Gasteiger partial charge on any atom is 1.00 e. The van der Waals surface area contributed by atoms with Crippen LogP contribution in [-0.2, 0) is 19.9 Å². The van der Waals surface area contributed by atoms with Gasteiger partial charge in [0.2, 0.25) is 0 Å². The van der Waals surface area contributed by atoms with Crippen LogP contribution >= 0.6 is 0 Å². The fourth-order valence-corrected chi connectivity index (χ4v) is 6.48. The molecule has 0 aliphatic carbocycles. The van der Waals surface area contributed by atoms with E-state index in [9.17, 15) is 8.42 Å². The van der Waals surface area contributed by atoms with E-state index in [2.05, 4.69) is 28.4 Å². The molecule has 0 heterocycles. The van der Waals surface area contributed by atoms with Crippen LogP contribution in [0.15, 0.2) is 30.3 Å². The molecular weight excluding hydrogens is 433 g/mol. The van der Waals surface area contributed by atoms with Crippen LogP contribution < -0.4 is 29.6 Å². The van der Waals surface area contributed by atoms with Gasteiger partial charge in [0.1, 0.15) is 0 Å². The summed E-state index contributed by atoms with van der Waals surface area (Å²) in [6.45, 7) is 0.0958. The van der Waals surface area contributed by atoms with Crippen molar-refractivity contribution in [3.05, 3.63) is 35.9 Å². The van der Waals surface area contributed by atoms with Crippen molar-refractivity contribution in [1.82, 2.24) is 0 Å². The van der Waals surface area contributed by atoms with Gasteiger partial charge in [-0.2, -0.15) is 0 Å². The Hall–Kier alpha value is 1.13. The van der Waals surface area contributed by atoms with Crippen LogP contribution in [0.25, 0.3) is 0 Å². The first-order chi connectivity index (χ1) is 9.58. The van der Waals surface area contributed by atoms with Crippen molar-refractivity contribution in [3.8, 4) is 0 Å². The third kappa shape index (κ3) is 14.5.